The van der Waals surface area contributed by atoms with Gasteiger partial charge >= 0.3 is 0 Å². The minimum atomic E-state index is -2.71. The molecule has 1 saturated carbocycles. The molecule has 29 heavy (non-hydrogen) atoms. The number of allylic oxidation sites excluding steroid dienone is 2. The van der Waals surface area contributed by atoms with Gasteiger partial charge in [-0.1, -0.05) is 6.58 Å². The summed E-state index contributed by atoms with van der Waals surface area (Å²) in [6.45, 7) is 7.21. The highest BCUT2D eigenvalue weighted by molar-refractivity contribution is 5.84. The van der Waals surface area contributed by atoms with Crippen molar-refractivity contribution in [1.82, 2.24) is 9.78 Å². The lowest BCUT2D eigenvalue weighted by molar-refractivity contribution is 0.00405. The van der Waals surface area contributed by atoms with Crippen molar-refractivity contribution in [3.05, 3.63) is 71.5 Å². The molecule has 1 aliphatic carbocycles. The van der Waals surface area contributed by atoms with Crippen molar-refractivity contribution in [1.29, 1.82) is 0 Å². The lowest BCUT2D eigenvalue weighted by Crippen LogP contribution is -2.14. The zero-order valence-electron chi connectivity index (χ0n) is 17.0. The fourth-order valence-electron chi connectivity index (χ4n) is 4.24. The van der Waals surface area contributed by atoms with Crippen LogP contribution in [-0.2, 0) is 13.5 Å². The van der Waals surface area contributed by atoms with Crippen molar-refractivity contribution in [2.24, 2.45) is 18.0 Å². The molecule has 0 radical (unpaired) electrons. The molecule has 1 aliphatic rings. The Bertz CT molecular complexity index is 956. The molecule has 3 nitrogen and oxygen atoms in total. The van der Waals surface area contributed by atoms with Gasteiger partial charge in [-0.3, -0.25) is 9.67 Å². The fraction of sp³-hybridized carbons (Fsp3) is 0.391. The van der Waals surface area contributed by atoms with Crippen LogP contribution in [0.2, 0.25) is 0 Å². The van der Waals surface area contributed by atoms with Crippen molar-refractivity contribution in [2.45, 2.75) is 45.0 Å². The molecule has 1 heterocycles. The molecule has 2 unspecified atom stereocenters. The van der Waals surface area contributed by atoms with E-state index in [1.54, 1.807) is 42.3 Å². The maximum atomic E-state index is 14.8. The second-order valence-electron chi connectivity index (χ2n) is 7.80. The Morgan fingerprint density at radius 1 is 1.38 bits per heavy atom. The number of nitrogens with zero attached hydrogens (tertiary/aromatic N) is 3. The summed E-state index contributed by atoms with van der Waals surface area (Å²) in [6, 6.07) is 5.07. The number of hydrogen-bond acceptors (Lipinski definition) is 2. The molecule has 1 aromatic carbocycles. The lowest BCUT2D eigenvalue weighted by Gasteiger charge is -2.20. The first-order valence-electron chi connectivity index (χ1n) is 9.68. The lowest BCUT2D eigenvalue weighted by atomic mass is 9.85. The van der Waals surface area contributed by atoms with Gasteiger partial charge in [0.05, 0.1) is 0 Å². The number of aliphatic imine (C=N–C) groups is 1. The molecular weight excluding hydrogens is 375 g/mol. The van der Waals surface area contributed by atoms with Crippen LogP contribution in [0.15, 0.2) is 48.2 Å². The monoisotopic (exact) mass is 401 g/mol. The summed E-state index contributed by atoms with van der Waals surface area (Å²) in [6.07, 6.45) is 6.34. The van der Waals surface area contributed by atoms with Crippen LogP contribution in [-0.4, -0.2) is 21.9 Å². The Morgan fingerprint density at radius 3 is 2.79 bits per heavy atom. The predicted molar refractivity (Wildman–Crippen MR) is 111 cm³/mol. The summed E-state index contributed by atoms with van der Waals surface area (Å²) < 4.78 is 44.9. The minimum Gasteiger partial charge on any atom is -0.272 e. The van der Waals surface area contributed by atoms with Crippen molar-refractivity contribution in [3.8, 4) is 0 Å². The van der Waals surface area contributed by atoms with Gasteiger partial charge < -0.3 is 0 Å². The molecule has 0 spiro atoms. The van der Waals surface area contributed by atoms with E-state index in [1.165, 1.54) is 12.3 Å². The van der Waals surface area contributed by atoms with Crippen LogP contribution in [0.25, 0.3) is 5.57 Å². The Labute approximate surface area is 169 Å². The van der Waals surface area contributed by atoms with E-state index in [4.69, 9.17) is 0 Å². The average Bonchev–Trinajstić information content (AvgIpc) is 3.19. The highest BCUT2D eigenvalue weighted by Crippen LogP contribution is 2.49. The number of benzene rings is 1. The molecule has 2 aromatic rings. The quantitative estimate of drug-likeness (QED) is 0.558. The van der Waals surface area contributed by atoms with Gasteiger partial charge in [0.25, 0.3) is 0 Å². The molecule has 0 bridgehead atoms. The Kier molecular flexibility index (Phi) is 6.10. The molecule has 0 aliphatic heterocycles. The molecule has 1 aromatic heterocycles. The second-order valence-corrected chi connectivity index (χ2v) is 7.80. The third kappa shape index (κ3) is 4.69. The van der Waals surface area contributed by atoms with Gasteiger partial charge in [-0.2, -0.15) is 5.10 Å². The van der Waals surface area contributed by atoms with Crippen LogP contribution < -0.4 is 0 Å². The van der Waals surface area contributed by atoms with E-state index in [0.29, 0.717) is 12.0 Å². The van der Waals surface area contributed by atoms with E-state index in [0.717, 1.165) is 22.4 Å². The molecular formula is C23H26F3N3. The van der Waals surface area contributed by atoms with Gasteiger partial charge in [-0.15, -0.1) is 0 Å². The third-order valence-corrected chi connectivity index (χ3v) is 5.74. The zero-order valence-corrected chi connectivity index (χ0v) is 17.0. The normalized spacial score (nSPS) is 21.8. The summed E-state index contributed by atoms with van der Waals surface area (Å²) in [5.41, 5.74) is 3.70. The summed E-state index contributed by atoms with van der Waals surface area (Å²) in [5, 5.41) is 4.13. The summed E-state index contributed by atoms with van der Waals surface area (Å²) in [4.78, 5) is 3.89. The van der Waals surface area contributed by atoms with Crippen LogP contribution in [0, 0.1) is 18.7 Å². The standard InChI is InChI=1S/C23H26F3N3/c1-5-27-8-6-15(2)19-10-16(3)17(12-21(19)24)11-18-13-23(25,26)14-20(18)22-7-9-28-29(22)4/h5-10,12,18,20H,1,11,13-14H2,2-4H3/b15-6+,27-8?. The second kappa shape index (κ2) is 8.39. The molecule has 0 amide bonds. The van der Waals surface area contributed by atoms with E-state index in [-0.39, 0.29) is 30.5 Å². The molecule has 2 atom stereocenters. The van der Waals surface area contributed by atoms with Gasteiger partial charge in [0.15, 0.2) is 0 Å². The SMILES string of the molecule is C=CN=C/C=C(\C)c1cc(C)c(CC2CC(F)(F)CC2c2ccnn2C)cc1F. The molecule has 3 rings (SSSR count). The van der Waals surface area contributed by atoms with E-state index in [1.807, 2.05) is 13.8 Å². The molecule has 0 N–H and O–H groups in total. The molecule has 6 heteroatoms. The van der Waals surface area contributed by atoms with Crippen LogP contribution >= 0.6 is 0 Å². The first-order valence-corrected chi connectivity index (χ1v) is 9.68. The first-order chi connectivity index (χ1) is 13.7. The molecule has 1 fully saturated rings. The summed E-state index contributed by atoms with van der Waals surface area (Å²) >= 11 is 0. The van der Waals surface area contributed by atoms with Gasteiger partial charge in [-0.25, -0.2) is 13.2 Å². The number of aryl methyl sites for hydroxylation is 2. The maximum Gasteiger partial charge on any atom is 0.249 e. The first kappa shape index (κ1) is 21.1. The highest BCUT2D eigenvalue weighted by atomic mass is 19.3. The van der Waals surface area contributed by atoms with E-state index in [2.05, 4.69) is 16.7 Å². The van der Waals surface area contributed by atoms with Crippen molar-refractivity contribution in [2.75, 3.05) is 0 Å². The topological polar surface area (TPSA) is 30.2 Å². The predicted octanol–water partition coefficient (Wildman–Crippen LogP) is 5.86. The summed E-state index contributed by atoms with van der Waals surface area (Å²) in [7, 11) is 1.77. The fourth-order valence-corrected chi connectivity index (χ4v) is 4.24. The van der Waals surface area contributed by atoms with Crippen molar-refractivity contribution < 1.29 is 13.2 Å². The van der Waals surface area contributed by atoms with Gasteiger partial charge in [0.1, 0.15) is 5.82 Å². The van der Waals surface area contributed by atoms with E-state index < -0.39 is 5.92 Å². The number of rotatable bonds is 6. The van der Waals surface area contributed by atoms with E-state index >= 15 is 0 Å². The minimum absolute atomic E-state index is 0.192. The highest BCUT2D eigenvalue weighted by Gasteiger charge is 2.47. The number of aromatic nitrogens is 2. The maximum absolute atomic E-state index is 14.8. The smallest absolute Gasteiger partial charge is 0.249 e. The number of halogens is 3. The van der Waals surface area contributed by atoms with Gasteiger partial charge in [0, 0.05) is 55.7 Å². The Hall–Kier alpha value is -2.63. The van der Waals surface area contributed by atoms with Gasteiger partial charge in [-0.05, 0) is 67.2 Å². The Balaban J connectivity index is 1.88. The van der Waals surface area contributed by atoms with Crippen LogP contribution in [0.5, 0.6) is 0 Å². The number of hydrogen-bond donors (Lipinski definition) is 0. The number of alkyl halides is 2. The Morgan fingerprint density at radius 2 is 2.14 bits per heavy atom. The van der Waals surface area contributed by atoms with Crippen LogP contribution in [0.3, 0.4) is 0 Å². The zero-order chi connectivity index (χ0) is 21.2. The van der Waals surface area contributed by atoms with Crippen LogP contribution in [0.4, 0.5) is 13.2 Å². The van der Waals surface area contributed by atoms with E-state index in [9.17, 15) is 13.2 Å². The van der Waals surface area contributed by atoms with Crippen molar-refractivity contribution >= 4 is 11.8 Å². The van der Waals surface area contributed by atoms with Crippen molar-refractivity contribution in [3.63, 3.8) is 0 Å². The summed E-state index contributed by atoms with van der Waals surface area (Å²) in [5.74, 6) is -3.62. The molecule has 0 saturated heterocycles. The molecule has 154 valence electrons. The third-order valence-electron chi connectivity index (χ3n) is 5.74. The largest absolute Gasteiger partial charge is 0.272 e. The van der Waals surface area contributed by atoms with Gasteiger partial charge in [0.2, 0.25) is 5.92 Å². The average molecular weight is 401 g/mol. The van der Waals surface area contributed by atoms with Crippen LogP contribution in [0.1, 0.15) is 48.1 Å².